The van der Waals surface area contributed by atoms with Gasteiger partial charge in [0.05, 0.1) is 24.1 Å². The largest absolute Gasteiger partial charge is 0.494 e. The lowest BCUT2D eigenvalue weighted by atomic mass is 9.94. The molecule has 1 amide bonds. The number of carbonyl (C=O) groups excluding carboxylic acids is 1. The number of nitrogens with one attached hydrogen (secondary N) is 2. The number of rotatable bonds is 6. The van der Waals surface area contributed by atoms with Crippen LogP contribution in [0.3, 0.4) is 0 Å². The van der Waals surface area contributed by atoms with Crippen molar-refractivity contribution in [3.8, 4) is 17.1 Å². The third kappa shape index (κ3) is 4.26. The van der Waals surface area contributed by atoms with E-state index in [0.29, 0.717) is 41.1 Å². The number of para-hydroxylation sites is 1. The number of nitrogens with zero attached hydrogens (tertiary/aromatic N) is 4. The quantitative estimate of drug-likeness (QED) is 0.417. The molecule has 5 rings (SSSR count). The Morgan fingerprint density at radius 3 is 2.66 bits per heavy atom. The van der Waals surface area contributed by atoms with Crippen molar-refractivity contribution in [2.45, 2.75) is 26.8 Å². The van der Waals surface area contributed by atoms with Crippen molar-refractivity contribution >= 4 is 17.5 Å². The van der Waals surface area contributed by atoms with Gasteiger partial charge < -0.3 is 15.4 Å². The zero-order valence-electron chi connectivity index (χ0n) is 19.8. The van der Waals surface area contributed by atoms with E-state index in [4.69, 9.17) is 14.8 Å². The number of ether oxygens (including phenoxy) is 1. The Morgan fingerprint density at radius 1 is 1.09 bits per heavy atom. The Balaban J connectivity index is 1.65. The van der Waals surface area contributed by atoms with Gasteiger partial charge >= 0.3 is 0 Å². The van der Waals surface area contributed by atoms with Crippen LogP contribution in [0.15, 0.2) is 84.3 Å². The van der Waals surface area contributed by atoms with Crippen LogP contribution in [0.4, 0.5) is 11.6 Å². The second-order valence-corrected chi connectivity index (χ2v) is 8.25. The highest BCUT2D eigenvalue weighted by Crippen LogP contribution is 2.40. The van der Waals surface area contributed by atoms with Crippen molar-refractivity contribution in [3.63, 3.8) is 0 Å². The molecule has 1 unspecified atom stereocenters. The summed E-state index contributed by atoms with van der Waals surface area (Å²) in [7, 11) is 0. The summed E-state index contributed by atoms with van der Waals surface area (Å²) < 4.78 is 7.72. The average molecular weight is 467 g/mol. The van der Waals surface area contributed by atoms with Gasteiger partial charge in [0, 0.05) is 23.0 Å². The van der Waals surface area contributed by atoms with Gasteiger partial charge in [0.15, 0.2) is 5.82 Å². The number of hydrogen-bond acceptors (Lipinski definition) is 6. The van der Waals surface area contributed by atoms with Gasteiger partial charge in [0.2, 0.25) is 5.95 Å². The molecule has 8 heteroatoms. The van der Waals surface area contributed by atoms with Crippen LogP contribution < -0.4 is 15.4 Å². The lowest BCUT2D eigenvalue weighted by Crippen LogP contribution is -2.31. The maximum absolute atomic E-state index is 13.6. The van der Waals surface area contributed by atoms with Crippen LogP contribution in [-0.2, 0) is 4.79 Å². The molecule has 1 aliphatic heterocycles. The molecular weight excluding hydrogens is 440 g/mol. The lowest BCUT2D eigenvalue weighted by Gasteiger charge is -2.29. The molecule has 0 fully saturated rings. The molecule has 1 aliphatic rings. The third-order valence-corrected chi connectivity index (χ3v) is 5.92. The van der Waals surface area contributed by atoms with E-state index in [0.717, 1.165) is 16.7 Å². The van der Waals surface area contributed by atoms with Crippen molar-refractivity contribution in [1.29, 1.82) is 0 Å². The predicted molar refractivity (Wildman–Crippen MR) is 135 cm³/mol. The summed E-state index contributed by atoms with van der Waals surface area (Å²) in [6.07, 6.45) is 3.28. The zero-order valence-corrected chi connectivity index (χ0v) is 19.8. The van der Waals surface area contributed by atoms with E-state index < -0.39 is 6.04 Å². The predicted octanol–water partition coefficient (Wildman–Crippen LogP) is 4.97. The van der Waals surface area contributed by atoms with Crippen molar-refractivity contribution < 1.29 is 9.53 Å². The number of allylic oxidation sites excluding steroid dienone is 1. The first-order valence-corrected chi connectivity index (χ1v) is 11.5. The summed E-state index contributed by atoms with van der Waals surface area (Å²) in [6.45, 7) is 6.34. The molecule has 35 heavy (non-hydrogen) atoms. The van der Waals surface area contributed by atoms with Gasteiger partial charge in [0.25, 0.3) is 5.91 Å². The highest BCUT2D eigenvalue weighted by molar-refractivity contribution is 6.06. The second kappa shape index (κ2) is 9.42. The molecule has 2 N–H and O–H groups in total. The van der Waals surface area contributed by atoms with Crippen LogP contribution in [0, 0.1) is 6.92 Å². The molecule has 2 aromatic heterocycles. The van der Waals surface area contributed by atoms with E-state index >= 15 is 0 Å². The Bertz CT molecular complexity index is 1410. The second-order valence-electron chi connectivity index (χ2n) is 8.25. The maximum atomic E-state index is 13.6. The first-order chi connectivity index (χ1) is 17.1. The number of carbonyl (C=O) groups is 1. The van der Waals surface area contributed by atoms with Crippen LogP contribution >= 0.6 is 0 Å². The maximum Gasteiger partial charge on any atom is 0.255 e. The fourth-order valence-electron chi connectivity index (χ4n) is 4.30. The highest BCUT2D eigenvalue weighted by Gasteiger charge is 2.36. The number of hydrogen-bond donors (Lipinski definition) is 2. The molecule has 0 spiro atoms. The van der Waals surface area contributed by atoms with E-state index in [1.54, 1.807) is 29.2 Å². The summed E-state index contributed by atoms with van der Waals surface area (Å²) >= 11 is 0. The lowest BCUT2D eigenvalue weighted by molar-refractivity contribution is -0.113. The number of aryl methyl sites for hydroxylation is 1. The average Bonchev–Trinajstić information content (AvgIpc) is 3.28. The molecule has 8 nitrogen and oxygen atoms in total. The molecule has 2 aromatic carbocycles. The fraction of sp³-hybridized carbons (Fsp3) is 0.185. The van der Waals surface area contributed by atoms with Gasteiger partial charge in [-0.2, -0.15) is 4.98 Å². The van der Waals surface area contributed by atoms with Crippen LogP contribution in [0.1, 0.15) is 31.0 Å². The zero-order chi connectivity index (χ0) is 24.4. The topological polar surface area (TPSA) is 94.0 Å². The van der Waals surface area contributed by atoms with E-state index in [1.807, 2.05) is 69.3 Å². The summed E-state index contributed by atoms with van der Waals surface area (Å²) in [5.74, 6) is 1.60. The minimum absolute atomic E-state index is 0.252. The minimum Gasteiger partial charge on any atom is -0.494 e. The van der Waals surface area contributed by atoms with E-state index in [2.05, 4.69) is 15.6 Å². The molecule has 0 saturated carbocycles. The van der Waals surface area contributed by atoms with Crippen LogP contribution in [0.5, 0.6) is 5.75 Å². The molecule has 0 aliphatic carbocycles. The Labute approximate surface area is 203 Å². The molecular formula is C27H26N6O2. The van der Waals surface area contributed by atoms with Gasteiger partial charge in [-0.1, -0.05) is 42.5 Å². The number of pyridine rings is 1. The number of fused-ring (bicyclic) bond motifs is 1. The van der Waals surface area contributed by atoms with Gasteiger partial charge in [-0.25, -0.2) is 4.68 Å². The Morgan fingerprint density at radius 2 is 1.89 bits per heavy atom. The Hall–Kier alpha value is -4.46. The van der Waals surface area contributed by atoms with Crippen molar-refractivity contribution in [3.05, 3.63) is 95.5 Å². The van der Waals surface area contributed by atoms with Crippen LogP contribution in [-0.4, -0.2) is 32.3 Å². The minimum atomic E-state index is -0.545. The van der Waals surface area contributed by atoms with Gasteiger partial charge in [-0.05, 0) is 44.5 Å². The molecule has 4 aromatic rings. The number of anilines is 2. The molecule has 0 saturated heterocycles. The van der Waals surface area contributed by atoms with E-state index in [1.165, 1.54) is 0 Å². The SMILES string of the molecule is CCOc1ccccc1C1C(C(=O)Nc2cccnc2)=C(C)Nc2nc(-c3ccccc3C)nn21. The first-order valence-electron chi connectivity index (χ1n) is 11.5. The van der Waals surface area contributed by atoms with Gasteiger partial charge in [0.1, 0.15) is 11.8 Å². The Kier molecular flexibility index (Phi) is 6.01. The third-order valence-electron chi connectivity index (χ3n) is 5.92. The van der Waals surface area contributed by atoms with Gasteiger partial charge in [-0.15, -0.1) is 5.10 Å². The normalized spacial score (nSPS) is 14.8. The number of benzene rings is 2. The van der Waals surface area contributed by atoms with E-state index in [9.17, 15) is 4.79 Å². The van der Waals surface area contributed by atoms with Gasteiger partial charge in [-0.3, -0.25) is 9.78 Å². The van der Waals surface area contributed by atoms with E-state index in [-0.39, 0.29) is 5.91 Å². The summed E-state index contributed by atoms with van der Waals surface area (Å²) in [6, 6.07) is 18.7. The van der Waals surface area contributed by atoms with Crippen molar-refractivity contribution in [2.24, 2.45) is 0 Å². The molecule has 176 valence electrons. The first kappa shape index (κ1) is 22.3. The van der Waals surface area contributed by atoms with Crippen LogP contribution in [0.25, 0.3) is 11.4 Å². The monoisotopic (exact) mass is 466 g/mol. The highest BCUT2D eigenvalue weighted by atomic mass is 16.5. The number of aromatic nitrogens is 4. The molecule has 3 heterocycles. The van der Waals surface area contributed by atoms with Crippen LogP contribution in [0.2, 0.25) is 0 Å². The van der Waals surface area contributed by atoms with Crippen molar-refractivity contribution in [2.75, 3.05) is 17.2 Å². The molecule has 0 bridgehead atoms. The number of amides is 1. The summed E-state index contributed by atoms with van der Waals surface area (Å²) in [5.41, 5.74) is 4.66. The fourth-order valence-corrected chi connectivity index (χ4v) is 4.30. The summed E-state index contributed by atoms with van der Waals surface area (Å²) in [4.78, 5) is 22.5. The van der Waals surface area contributed by atoms with Crippen molar-refractivity contribution in [1.82, 2.24) is 19.7 Å². The summed E-state index contributed by atoms with van der Waals surface area (Å²) in [5, 5.41) is 11.1. The molecule has 0 radical (unpaired) electrons. The standard InChI is InChI=1S/C27H26N6O2/c1-4-35-22-14-8-7-13-21(22)24-23(26(34)30-19-11-9-15-28-16-19)18(3)29-27-31-25(32-33(24)27)20-12-6-5-10-17(20)2/h5-16,24H,4H2,1-3H3,(H,30,34)(H,29,31,32). The smallest absolute Gasteiger partial charge is 0.255 e. The molecule has 1 atom stereocenters.